The Morgan fingerprint density at radius 3 is 3.04 bits per heavy atom. The molecular weight excluding hydrogens is 306 g/mol. The number of furan rings is 1. The fraction of sp³-hybridized carbons (Fsp3) is 0.444. The van der Waals surface area contributed by atoms with E-state index in [0.717, 1.165) is 37.1 Å². The average molecular weight is 329 g/mol. The van der Waals surface area contributed by atoms with Crippen molar-refractivity contribution in [3.8, 4) is 0 Å². The molecule has 1 N–H and O–H groups in total. The summed E-state index contributed by atoms with van der Waals surface area (Å²) in [6.45, 7) is 2.47. The Hall–Kier alpha value is -2.34. The topological polar surface area (TPSA) is 67.6 Å². The highest BCUT2D eigenvalue weighted by molar-refractivity contribution is 5.75. The lowest BCUT2D eigenvalue weighted by Crippen LogP contribution is -2.40. The smallest absolute Gasteiger partial charge is 0.317 e. The Morgan fingerprint density at radius 1 is 1.38 bits per heavy atom. The number of likely N-dealkylation sites (tertiary alicyclic amines) is 1. The monoisotopic (exact) mass is 329 g/mol. The van der Waals surface area contributed by atoms with E-state index < -0.39 is 0 Å². The van der Waals surface area contributed by atoms with Crippen LogP contribution in [-0.2, 0) is 11.3 Å². The van der Waals surface area contributed by atoms with E-state index in [1.807, 2.05) is 29.2 Å². The van der Waals surface area contributed by atoms with Crippen molar-refractivity contribution in [2.45, 2.75) is 31.9 Å². The SMILES string of the molecule is O=C(NCCCOCc1ccco1)N1CCC[C@H]1c1ccncc1. The van der Waals surface area contributed by atoms with Gasteiger partial charge in [-0.25, -0.2) is 4.79 Å². The Balaban J connectivity index is 1.37. The number of amides is 2. The minimum Gasteiger partial charge on any atom is -0.467 e. The minimum atomic E-state index is 0.000321. The highest BCUT2D eigenvalue weighted by Gasteiger charge is 2.29. The fourth-order valence-corrected chi connectivity index (χ4v) is 2.98. The molecule has 3 rings (SSSR count). The van der Waals surface area contributed by atoms with Crippen LogP contribution in [0.3, 0.4) is 0 Å². The van der Waals surface area contributed by atoms with Crippen LogP contribution in [0.5, 0.6) is 0 Å². The van der Waals surface area contributed by atoms with Crippen molar-refractivity contribution in [2.75, 3.05) is 19.7 Å². The first-order valence-electron chi connectivity index (χ1n) is 8.39. The summed E-state index contributed by atoms with van der Waals surface area (Å²) >= 11 is 0. The van der Waals surface area contributed by atoms with E-state index in [9.17, 15) is 4.79 Å². The predicted octanol–water partition coefficient (Wildman–Crippen LogP) is 3.13. The quantitative estimate of drug-likeness (QED) is 0.793. The number of aromatic nitrogens is 1. The number of ether oxygens (including phenoxy) is 1. The zero-order valence-electron chi connectivity index (χ0n) is 13.7. The van der Waals surface area contributed by atoms with E-state index in [0.29, 0.717) is 19.8 Å². The van der Waals surface area contributed by atoms with Crippen molar-refractivity contribution in [3.05, 3.63) is 54.2 Å². The van der Waals surface area contributed by atoms with Crippen molar-refractivity contribution >= 4 is 6.03 Å². The van der Waals surface area contributed by atoms with Crippen LogP contribution in [0.1, 0.15) is 36.6 Å². The molecule has 1 aliphatic heterocycles. The normalized spacial score (nSPS) is 17.2. The number of nitrogens with zero attached hydrogens (tertiary/aromatic N) is 2. The lowest BCUT2D eigenvalue weighted by atomic mass is 10.1. The third kappa shape index (κ3) is 4.35. The molecule has 0 aliphatic carbocycles. The van der Waals surface area contributed by atoms with Crippen LogP contribution in [0.25, 0.3) is 0 Å². The molecule has 1 atom stereocenters. The standard InChI is InChI=1S/C18H23N3O3/c22-18(20-8-3-12-23-14-16-4-2-13-24-16)21-11-1-5-17(21)15-6-9-19-10-7-15/h2,4,6-7,9-10,13,17H,1,3,5,8,11-12,14H2,(H,20,22)/t17-/m0/s1. The molecule has 6 heteroatoms. The third-order valence-corrected chi connectivity index (χ3v) is 4.17. The van der Waals surface area contributed by atoms with Gasteiger partial charge in [-0.15, -0.1) is 0 Å². The fourth-order valence-electron chi connectivity index (χ4n) is 2.98. The molecule has 0 radical (unpaired) electrons. The van der Waals surface area contributed by atoms with Gasteiger partial charge in [-0.3, -0.25) is 4.98 Å². The first-order chi connectivity index (χ1) is 11.8. The Bertz CT molecular complexity index is 616. The lowest BCUT2D eigenvalue weighted by Gasteiger charge is -2.25. The molecule has 0 saturated carbocycles. The number of hydrogen-bond donors (Lipinski definition) is 1. The van der Waals surface area contributed by atoms with E-state index in [1.165, 1.54) is 0 Å². The molecule has 6 nitrogen and oxygen atoms in total. The van der Waals surface area contributed by atoms with Crippen LogP contribution < -0.4 is 5.32 Å². The maximum Gasteiger partial charge on any atom is 0.317 e. The van der Waals surface area contributed by atoms with Gasteiger partial charge < -0.3 is 19.4 Å². The molecule has 0 aromatic carbocycles. The molecule has 0 spiro atoms. The summed E-state index contributed by atoms with van der Waals surface area (Å²) in [7, 11) is 0. The van der Waals surface area contributed by atoms with Gasteiger partial charge in [0.05, 0.1) is 12.3 Å². The number of carbonyl (C=O) groups is 1. The van der Waals surface area contributed by atoms with Gasteiger partial charge in [0.15, 0.2) is 0 Å². The summed E-state index contributed by atoms with van der Waals surface area (Å²) in [5, 5.41) is 2.99. The first-order valence-corrected chi connectivity index (χ1v) is 8.39. The van der Waals surface area contributed by atoms with Gasteiger partial charge in [0, 0.05) is 32.1 Å². The van der Waals surface area contributed by atoms with Crippen molar-refractivity contribution in [1.29, 1.82) is 0 Å². The van der Waals surface area contributed by atoms with E-state index in [-0.39, 0.29) is 12.1 Å². The number of urea groups is 1. The minimum absolute atomic E-state index is 0.000321. The maximum atomic E-state index is 12.4. The molecule has 0 bridgehead atoms. The van der Waals surface area contributed by atoms with Gasteiger partial charge in [0.2, 0.25) is 0 Å². The molecule has 1 saturated heterocycles. The summed E-state index contributed by atoms with van der Waals surface area (Å²) < 4.78 is 10.7. The summed E-state index contributed by atoms with van der Waals surface area (Å²) in [5.74, 6) is 0.816. The average Bonchev–Trinajstić information content (AvgIpc) is 3.30. The third-order valence-electron chi connectivity index (χ3n) is 4.17. The zero-order valence-corrected chi connectivity index (χ0v) is 13.7. The summed E-state index contributed by atoms with van der Waals surface area (Å²) in [6.07, 6.45) is 8.00. The van der Waals surface area contributed by atoms with Crippen LogP contribution in [0.4, 0.5) is 4.79 Å². The number of rotatable bonds is 7. The second-order valence-electron chi connectivity index (χ2n) is 5.85. The lowest BCUT2D eigenvalue weighted by molar-refractivity contribution is 0.104. The van der Waals surface area contributed by atoms with Crippen molar-refractivity contribution in [3.63, 3.8) is 0 Å². The second-order valence-corrected chi connectivity index (χ2v) is 5.85. The summed E-state index contributed by atoms with van der Waals surface area (Å²) in [4.78, 5) is 18.4. The van der Waals surface area contributed by atoms with Crippen molar-refractivity contribution < 1.29 is 13.9 Å². The highest BCUT2D eigenvalue weighted by Crippen LogP contribution is 2.31. The predicted molar refractivity (Wildman–Crippen MR) is 89.3 cm³/mol. The number of pyridine rings is 1. The zero-order chi connectivity index (χ0) is 16.6. The maximum absolute atomic E-state index is 12.4. The number of hydrogen-bond acceptors (Lipinski definition) is 4. The van der Waals surface area contributed by atoms with Gasteiger partial charge >= 0.3 is 6.03 Å². The molecule has 3 heterocycles. The van der Waals surface area contributed by atoms with Crippen LogP contribution in [-0.4, -0.2) is 35.6 Å². The van der Waals surface area contributed by atoms with E-state index in [4.69, 9.17) is 9.15 Å². The number of carbonyl (C=O) groups excluding carboxylic acids is 1. The largest absolute Gasteiger partial charge is 0.467 e. The molecule has 1 aliphatic rings. The van der Waals surface area contributed by atoms with Crippen molar-refractivity contribution in [2.24, 2.45) is 0 Å². The molecule has 0 unspecified atom stereocenters. The molecule has 2 aromatic rings. The van der Waals surface area contributed by atoms with Crippen LogP contribution in [0.2, 0.25) is 0 Å². The van der Waals surface area contributed by atoms with Gasteiger partial charge in [-0.05, 0) is 49.1 Å². The van der Waals surface area contributed by atoms with Crippen LogP contribution in [0, 0.1) is 0 Å². The van der Waals surface area contributed by atoms with Gasteiger partial charge in [0.25, 0.3) is 0 Å². The Kier molecular flexibility index (Phi) is 5.85. The van der Waals surface area contributed by atoms with E-state index in [1.54, 1.807) is 18.7 Å². The van der Waals surface area contributed by atoms with Gasteiger partial charge in [-0.1, -0.05) is 0 Å². The van der Waals surface area contributed by atoms with Gasteiger partial charge in [0.1, 0.15) is 12.4 Å². The van der Waals surface area contributed by atoms with E-state index in [2.05, 4.69) is 10.3 Å². The summed E-state index contributed by atoms with van der Waals surface area (Å²) in [5.41, 5.74) is 1.15. The van der Waals surface area contributed by atoms with Gasteiger partial charge in [-0.2, -0.15) is 0 Å². The Labute approximate surface area is 141 Å². The molecule has 1 fully saturated rings. The molecule has 2 amide bonds. The molecule has 128 valence electrons. The molecular formula is C18H23N3O3. The molecule has 2 aromatic heterocycles. The summed E-state index contributed by atoms with van der Waals surface area (Å²) in [6, 6.07) is 7.85. The van der Waals surface area contributed by atoms with Crippen molar-refractivity contribution in [1.82, 2.24) is 15.2 Å². The Morgan fingerprint density at radius 2 is 2.25 bits per heavy atom. The van der Waals surface area contributed by atoms with E-state index >= 15 is 0 Å². The second kappa shape index (κ2) is 8.49. The van der Waals surface area contributed by atoms with Crippen LogP contribution in [0.15, 0.2) is 47.3 Å². The first kappa shape index (κ1) is 16.5. The number of nitrogens with one attached hydrogen (secondary N) is 1. The molecule has 24 heavy (non-hydrogen) atoms. The highest BCUT2D eigenvalue weighted by atomic mass is 16.5. The van der Waals surface area contributed by atoms with Crippen LogP contribution >= 0.6 is 0 Å².